The molecular weight excluding hydrogens is 336 g/mol. The zero-order valence-corrected chi connectivity index (χ0v) is 15.6. The summed E-state index contributed by atoms with van der Waals surface area (Å²) in [4.78, 5) is 14.6. The maximum atomic E-state index is 12.9. The molecule has 2 aromatic carbocycles. The van der Waals surface area contributed by atoms with Gasteiger partial charge in [0.2, 0.25) is 0 Å². The number of hydrogen-bond acceptors (Lipinski definition) is 2. The fourth-order valence-corrected chi connectivity index (χ4v) is 2.84. The van der Waals surface area contributed by atoms with Crippen LogP contribution in [0.4, 0.5) is 10.5 Å². The van der Waals surface area contributed by atoms with Gasteiger partial charge in [0.1, 0.15) is 0 Å². The fraction of sp³-hybridized carbons (Fsp3) is 0.350. The van der Waals surface area contributed by atoms with Crippen LogP contribution in [0.3, 0.4) is 0 Å². The minimum absolute atomic E-state index is 0.0907. The Hall–Kier alpha value is -2.04. The van der Waals surface area contributed by atoms with E-state index in [1.807, 2.05) is 63.2 Å². The summed E-state index contributed by atoms with van der Waals surface area (Å²) in [6, 6.07) is 14.7. The number of carbonyl (C=O) groups excluding carboxylic acids is 1. The lowest BCUT2D eigenvalue weighted by Crippen LogP contribution is -2.47. The molecule has 0 spiro atoms. The molecule has 0 bridgehead atoms. The second-order valence-electron chi connectivity index (χ2n) is 6.50. The molecule has 2 aromatic rings. The summed E-state index contributed by atoms with van der Waals surface area (Å²) in [6.07, 6.45) is 0. The van der Waals surface area contributed by atoms with Crippen LogP contribution >= 0.6 is 11.6 Å². The third-order valence-corrected chi connectivity index (χ3v) is 4.64. The standard InChI is InChI=1S/C20H25ClN2O2/c1-14(2)19(13-24)23(12-16-7-5-4-6-8-16)20(25)22-17-10-9-15(3)18(21)11-17/h4-11,14,19,24H,12-13H2,1-3H3,(H,22,25). The number of halogens is 1. The summed E-state index contributed by atoms with van der Waals surface area (Å²) in [5.74, 6) is 0.126. The summed E-state index contributed by atoms with van der Waals surface area (Å²) < 4.78 is 0. The van der Waals surface area contributed by atoms with E-state index in [0.717, 1.165) is 11.1 Å². The van der Waals surface area contributed by atoms with Crippen molar-refractivity contribution in [1.29, 1.82) is 0 Å². The zero-order valence-electron chi connectivity index (χ0n) is 14.9. The van der Waals surface area contributed by atoms with Gasteiger partial charge in [0.15, 0.2) is 0 Å². The highest BCUT2D eigenvalue weighted by Crippen LogP contribution is 2.22. The first kappa shape index (κ1) is 19.3. The lowest BCUT2D eigenvalue weighted by Gasteiger charge is -2.33. The number of aliphatic hydroxyl groups excluding tert-OH is 1. The van der Waals surface area contributed by atoms with Gasteiger partial charge < -0.3 is 15.3 Å². The molecule has 25 heavy (non-hydrogen) atoms. The van der Waals surface area contributed by atoms with Crippen LogP contribution in [-0.2, 0) is 6.54 Å². The molecule has 4 nitrogen and oxygen atoms in total. The van der Waals surface area contributed by atoms with Crippen LogP contribution < -0.4 is 5.32 Å². The van der Waals surface area contributed by atoms with Crippen molar-refractivity contribution in [3.63, 3.8) is 0 Å². The number of urea groups is 1. The van der Waals surface area contributed by atoms with Crippen molar-refractivity contribution in [3.8, 4) is 0 Å². The van der Waals surface area contributed by atoms with Crippen LogP contribution in [0.1, 0.15) is 25.0 Å². The molecule has 0 radical (unpaired) electrons. The van der Waals surface area contributed by atoms with Crippen LogP contribution in [0.15, 0.2) is 48.5 Å². The van der Waals surface area contributed by atoms with Crippen molar-refractivity contribution in [3.05, 3.63) is 64.7 Å². The van der Waals surface area contributed by atoms with Gasteiger partial charge in [-0.3, -0.25) is 0 Å². The van der Waals surface area contributed by atoms with E-state index >= 15 is 0 Å². The maximum Gasteiger partial charge on any atom is 0.322 e. The van der Waals surface area contributed by atoms with Crippen molar-refractivity contribution < 1.29 is 9.90 Å². The molecule has 0 aromatic heterocycles. The Labute approximate surface area is 154 Å². The summed E-state index contributed by atoms with van der Waals surface area (Å²) >= 11 is 6.14. The molecule has 1 atom stereocenters. The smallest absolute Gasteiger partial charge is 0.322 e. The second-order valence-corrected chi connectivity index (χ2v) is 6.91. The predicted molar refractivity (Wildman–Crippen MR) is 103 cm³/mol. The van der Waals surface area contributed by atoms with Crippen molar-refractivity contribution in [1.82, 2.24) is 4.90 Å². The third-order valence-electron chi connectivity index (χ3n) is 4.24. The first-order chi connectivity index (χ1) is 11.9. The van der Waals surface area contributed by atoms with Gasteiger partial charge in [-0.1, -0.05) is 61.8 Å². The van der Waals surface area contributed by atoms with Crippen LogP contribution in [0.5, 0.6) is 0 Å². The zero-order chi connectivity index (χ0) is 18.4. The molecule has 134 valence electrons. The number of aliphatic hydroxyl groups is 1. The molecule has 2 rings (SSSR count). The van der Waals surface area contributed by atoms with Gasteiger partial charge in [-0.15, -0.1) is 0 Å². The van der Waals surface area contributed by atoms with Gasteiger partial charge >= 0.3 is 6.03 Å². The highest BCUT2D eigenvalue weighted by Gasteiger charge is 2.26. The second kappa shape index (κ2) is 8.88. The normalized spacial score (nSPS) is 12.1. The van der Waals surface area contributed by atoms with Crippen LogP contribution in [0.25, 0.3) is 0 Å². The molecular formula is C20H25ClN2O2. The molecule has 0 saturated carbocycles. The van der Waals surface area contributed by atoms with Crippen molar-refractivity contribution in [2.45, 2.75) is 33.4 Å². The van der Waals surface area contributed by atoms with Gasteiger partial charge in [-0.25, -0.2) is 4.79 Å². The largest absolute Gasteiger partial charge is 0.394 e. The molecule has 0 saturated heterocycles. The van der Waals surface area contributed by atoms with E-state index in [-0.39, 0.29) is 24.6 Å². The number of carbonyl (C=O) groups is 1. The van der Waals surface area contributed by atoms with E-state index in [0.29, 0.717) is 17.3 Å². The van der Waals surface area contributed by atoms with Crippen molar-refractivity contribution >= 4 is 23.3 Å². The SMILES string of the molecule is Cc1ccc(NC(=O)N(Cc2ccccc2)C(CO)C(C)C)cc1Cl. The average Bonchev–Trinajstić information content (AvgIpc) is 2.58. The predicted octanol–water partition coefficient (Wildman–Crippen LogP) is 4.70. The van der Waals surface area contributed by atoms with Gasteiger partial charge in [-0.2, -0.15) is 0 Å². The van der Waals surface area contributed by atoms with Crippen LogP contribution in [0.2, 0.25) is 5.02 Å². The minimum atomic E-state index is -0.277. The lowest BCUT2D eigenvalue weighted by molar-refractivity contribution is 0.110. The number of hydrogen-bond donors (Lipinski definition) is 2. The number of nitrogens with zero attached hydrogens (tertiary/aromatic N) is 1. The number of amides is 2. The summed E-state index contributed by atoms with van der Waals surface area (Å²) in [7, 11) is 0. The molecule has 0 aliphatic carbocycles. The highest BCUT2D eigenvalue weighted by atomic mass is 35.5. The number of aryl methyl sites for hydroxylation is 1. The van der Waals surface area contributed by atoms with Crippen LogP contribution in [0, 0.1) is 12.8 Å². The lowest BCUT2D eigenvalue weighted by atomic mass is 10.0. The number of rotatable bonds is 6. The molecule has 0 heterocycles. The van der Waals surface area contributed by atoms with E-state index in [1.54, 1.807) is 11.0 Å². The van der Waals surface area contributed by atoms with E-state index in [2.05, 4.69) is 5.32 Å². The highest BCUT2D eigenvalue weighted by molar-refractivity contribution is 6.31. The molecule has 5 heteroatoms. The van der Waals surface area contributed by atoms with E-state index in [9.17, 15) is 9.90 Å². The van der Waals surface area contributed by atoms with Crippen LogP contribution in [-0.4, -0.2) is 28.7 Å². The average molecular weight is 361 g/mol. The molecule has 0 aliphatic rings. The van der Waals surface area contributed by atoms with Crippen molar-refractivity contribution in [2.75, 3.05) is 11.9 Å². The number of benzene rings is 2. The van der Waals surface area contributed by atoms with E-state index < -0.39 is 0 Å². The number of nitrogens with one attached hydrogen (secondary N) is 1. The maximum absolute atomic E-state index is 12.9. The Balaban J connectivity index is 2.23. The Morgan fingerprint density at radius 1 is 1.20 bits per heavy atom. The third kappa shape index (κ3) is 5.21. The number of anilines is 1. The Kier molecular flexibility index (Phi) is 6.85. The Bertz CT molecular complexity index is 704. The Morgan fingerprint density at radius 2 is 1.88 bits per heavy atom. The molecule has 0 aliphatic heterocycles. The summed E-state index contributed by atoms with van der Waals surface area (Å²) in [5, 5.41) is 13.3. The molecule has 2 amide bonds. The van der Waals surface area contributed by atoms with Gasteiger partial charge in [0.05, 0.1) is 12.6 Å². The first-order valence-electron chi connectivity index (χ1n) is 8.41. The first-order valence-corrected chi connectivity index (χ1v) is 8.78. The van der Waals surface area contributed by atoms with Crippen molar-refractivity contribution in [2.24, 2.45) is 5.92 Å². The Morgan fingerprint density at radius 3 is 2.44 bits per heavy atom. The van der Waals surface area contributed by atoms with E-state index in [1.165, 1.54) is 0 Å². The minimum Gasteiger partial charge on any atom is -0.394 e. The monoisotopic (exact) mass is 360 g/mol. The topological polar surface area (TPSA) is 52.6 Å². The fourth-order valence-electron chi connectivity index (χ4n) is 2.65. The summed E-state index contributed by atoms with van der Waals surface area (Å²) in [6.45, 7) is 6.24. The van der Waals surface area contributed by atoms with Gasteiger partial charge in [0.25, 0.3) is 0 Å². The quantitative estimate of drug-likeness (QED) is 0.784. The molecule has 2 N–H and O–H groups in total. The van der Waals surface area contributed by atoms with Gasteiger partial charge in [0, 0.05) is 17.3 Å². The molecule has 0 fully saturated rings. The van der Waals surface area contributed by atoms with Gasteiger partial charge in [-0.05, 0) is 36.1 Å². The summed E-state index contributed by atoms with van der Waals surface area (Å²) in [5.41, 5.74) is 2.61. The van der Waals surface area contributed by atoms with E-state index in [4.69, 9.17) is 11.6 Å². The molecule has 1 unspecified atom stereocenters.